The van der Waals surface area contributed by atoms with Gasteiger partial charge in [-0.05, 0) is 35.6 Å². The van der Waals surface area contributed by atoms with E-state index in [0.29, 0.717) is 10.0 Å². The molecule has 4 heteroatoms. The lowest BCUT2D eigenvalue weighted by atomic mass is 10.1. The molecule has 2 aromatic carbocycles. The Labute approximate surface area is 128 Å². The van der Waals surface area contributed by atoms with Crippen molar-refractivity contribution in [3.8, 4) is 11.1 Å². The molecule has 0 saturated heterocycles. The number of hydrogen-bond acceptors (Lipinski definition) is 2. The summed E-state index contributed by atoms with van der Waals surface area (Å²) < 4.78 is 0. The standard InChI is InChI=1S/C15H15Cl2NS/c1-3-19-12-6-4-10(5-7-12)15-13(16)8-11(18-2)9-14(15)17/h4-9,18H,3H2,1-2H3. The molecule has 0 amide bonds. The van der Waals surface area contributed by atoms with Gasteiger partial charge in [0.2, 0.25) is 0 Å². The molecule has 0 heterocycles. The SMILES string of the molecule is CCSc1ccc(-c2c(Cl)cc(NC)cc2Cl)cc1. The first-order valence-electron chi connectivity index (χ1n) is 6.05. The summed E-state index contributed by atoms with van der Waals surface area (Å²) in [6.45, 7) is 2.14. The zero-order valence-corrected chi connectivity index (χ0v) is 13.2. The highest BCUT2D eigenvalue weighted by molar-refractivity contribution is 7.99. The van der Waals surface area contributed by atoms with Crippen molar-refractivity contribution in [1.82, 2.24) is 0 Å². The Morgan fingerprint density at radius 3 is 2.11 bits per heavy atom. The van der Waals surface area contributed by atoms with E-state index in [-0.39, 0.29) is 0 Å². The average Bonchev–Trinajstić information content (AvgIpc) is 2.40. The minimum atomic E-state index is 0.660. The van der Waals surface area contributed by atoms with Gasteiger partial charge < -0.3 is 5.32 Å². The van der Waals surface area contributed by atoms with Gasteiger partial charge in [-0.15, -0.1) is 11.8 Å². The van der Waals surface area contributed by atoms with Crippen LogP contribution in [0.4, 0.5) is 5.69 Å². The number of thioether (sulfide) groups is 1. The topological polar surface area (TPSA) is 12.0 Å². The molecule has 0 aliphatic carbocycles. The molecule has 1 N–H and O–H groups in total. The highest BCUT2D eigenvalue weighted by atomic mass is 35.5. The molecular formula is C15H15Cl2NS. The molecule has 0 aliphatic heterocycles. The maximum atomic E-state index is 6.32. The molecule has 2 rings (SSSR count). The van der Waals surface area contributed by atoms with Crippen molar-refractivity contribution in [3.05, 3.63) is 46.4 Å². The molecule has 0 atom stereocenters. The smallest absolute Gasteiger partial charge is 0.0519 e. The monoisotopic (exact) mass is 311 g/mol. The first-order valence-corrected chi connectivity index (χ1v) is 7.80. The summed E-state index contributed by atoms with van der Waals surface area (Å²) in [5.41, 5.74) is 2.84. The van der Waals surface area contributed by atoms with Crippen molar-refractivity contribution in [2.24, 2.45) is 0 Å². The third-order valence-electron chi connectivity index (χ3n) is 2.78. The van der Waals surface area contributed by atoms with Crippen LogP contribution in [-0.4, -0.2) is 12.8 Å². The lowest BCUT2D eigenvalue weighted by Crippen LogP contribution is -1.90. The Balaban J connectivity index is 2.41. The van der Waals surface area contributed by atoms with Crippen LogP contribution < -0.4 is 5.32 Å². The van der Waals surface area contributed by atoms with E-state index in [9.17, 15) is 0 Å². The van der Waals surface area contributed by atoms with Crippen molar-refractivity contribution in [1.29, 1.82) is 0 Å². The minimum absolute atomic E-state index is 0.660. The Hall–Kier alpha value is -0.830. The predicted octanol–water partition coefficient (Wildman–Crippen LogP) is 5.81. The fourth-order valence-electron chi connectivity index (χ4n) is 1.88. The van der Waals surface area contributed by atoms with E-state index in [1.165, 1.54) is 4.90 Å². The molecule has 100 valence electrons. The largest absolute Gasteiger partial charge is 0.388 e. The molecule has 1 nitrogen and oxygen atoms in total. The normalized spacial score (nSPS) is 10.5. The van der Waals surface area contributed by atoms with Gasteiger partial charge in [-0.2, -0.15) is 0 Å². The van der Waals surface area contributed by atoms with Crippen molar-refractivity contribution >= 4 is 40.7 Å². The molecule has 19 heavy (non-hydrogen) atoms. The fourth-order valence-corrected chi connectivity index (χ4v) is 3.24. The minimum Gasteiger partial charge on any atom is -0.388 e. The van der Waals surface area contributed by atoms with E-state index in [2.05, 4.69) is 36.5 Å². The average molecular weight is 312 g/mol. The van der Waals surface area contributed by atoms with Crippen molar-refractivity contribution in [2.75, 3.05) is 18.1 Å². The molecule has 0 aromatic heterocycles. The van der Waals surface area contributed by atoms with Crippen LogP contribution in [0, 0.1) is 0 Å². The Morgan fingerprint density at radius 2 is 1.63 bits per heavy atom. The van der Waals surface area contributed by atoms with Crippen LogP contribution >= 0.6 is 35.0 Å². The van der Waals surface area contributed by atoms with E-state index >= 15 is 0 Å². The molecule has 0 radical (unpaired) electrons. The maximum absolute atomic E-state index is 6.32. The molecule has 0 unspecified atom stereocenters. The van der Waals surface area contributed by atoms with Gasteiger partial charge in [0, 0.05) is 23.2 Å². The van der Waals surface area contributed by atoms with E-state index in [0.717, 1.165) is 22.6 Å². The van der Waals surface area contributed by atoms with Gasteiger partial charge in [0.1, 0.15) is 0 Å². The van der Waals surface area contributed by atoms with E-state index in [1.807, 2.05) is 30.9 Å². The van der Waals surface area contributed by atoms with Gasteiger partial charge in [-0.3, -0.25) is 0 Å². The molecule has 0 saturated carbocycles. The molecule has 0 fully saturated rings. The number of nitrogens with one attached hydrogen (secondary N) is 1. The van der Waals surface area contributed by atoms with Crippen LogP contribution in [0.1, 0.15) is 6.92 Å². The Kier molecular flexibility index (Phi) is 5.03. The van der Waals surface area contributed by atoms with Crippen LogP contribution in [0.3, 0.4) is 0 Å². The van der Waals surface area contributed by atoms with Gasteiger partial charge in [0.05, 0.1) is 10.0 Å². The van der Waals surface area contributed by atoms with Crippen molar-refractivity contribution < 1.29 is 0 Å². The number of benzene rings is 2. The summed E-state index contributed by atoms with van der Waals surface area (Å²) in [6.07, 6.45) is 0. The zero-order valence-electron chi connectivity index (χ0n) is 10.8. The lowest BCUT2D eigenvalue weighted by Gasteiger charge is -2.10. The van der Waals surface area contributed by atoms with Crippen LogP contribution in [0.25, 0.3) is 11.1 Å². The third kappa shape index (κ3) is 3.38. The summed E-state index contributed by atoms with van der Waals surface area (Å²) in [4.78, 5) is 1.25. The van der Waals surface area contributed by atoms with Crippen LogP contribution in [0.2, 0.25) is 10.0 Å². The first kappa shape index (κ1) is 14.6. The zero-order chi connectivity index (χ0) is 13.8. The Bertz CT molecular complexity index is 544. The van der Waals surface area contributed by atoms with E-state index in [1.54, 1.807) is 0 Å². The lowest BCUT2D eigenvalue weighted by molar-refractivity contribution is 1.42. The van der Waals surface area contributed by atoms with Crippen LogP contribution in [0.15, 0.2) is 41.3 Å². The molecular weight excluding hydrogens is 297 g/mol. The van der Waals surface area contributed by atoms with Crippen LogP contribution in [-0.2, 0) is 0 Å². The summed E-state index contributed by atoms with van der Waals surface area (Å²) in [7, 11) is 1.85. The van der Waals surface area contributed by atoms with E-state index in [4.69, 9.17) is 23.2 Å². The van der Waals surface area contributed by atoms with Gasteiger partial charge in [0.25, 0.3) is 0 Å². The second kappa shape index (κ2) is 6.56. The molecule has 0 bridgehead atoms. The molecule has 0 aliphatic rings. The fraction of sp³-hybridized carbons (Fsp3) is 0.200. The number of halogens is 2. The summed E-state index contributed by atoms with van der Waals surface area (Å²) >= 11 is 14.5. The summed E-state index contributed by atoms with van der Waals surface area (Å²) in [5, 5.41) is 4.36. The van der Waals surface area contributed by atoms with Crippen molar-refractivity contribution in [3.63, 3.8) is 0 Å². The number of hydrogen-bond donors (Lipinski definition) is 1. The van der Waals surface area contributed by atoms with Crippen molar-refractivity contribution in [2.45, 2.75) is 11.8 Å². The third-order valence-corrected chi connectivity index (χ3v) is 4.28. The summed E-state index contributed by atoms with van der Waals surface area (Å²) in [6, 6.07) is 12.1. The highest BCUT2D eigenvalue weighted by Gasteiger charge is 2.10. The summed E-state index contributed by atoms with van der Waals surface area (Å²) in [5.74, 6) is 1.07. The first-order chi connectivity index (χ1) is 9.15. The number of anilines is 1. The maximum Gasteiger partial charge on any atom is 0.0519 e. The van der Waals surface area contributed by atoms with Gasteiger partial charge >= 0.3 is 0 Å². The molecule has 0 spiro atoms. The number of rotatable bonds is 4. The van der Waals surface area contributed by atoms with E-state index < -0.39 is 0 Å². The van der Waals surface area contributed by atoms with Gasteiger partial charge in [-0.25, -0.2) is 0 Å². The molecule has 2 aromatic rings. The predicted molar refractivity (Wildman–Crippen MR) is 87.8 cm³/mol. The second-order valence-corrected chi connectivity index (χ2v) is 6.17. The van der Waals surface area contributed by atoms with Crippen LogP contribution in [0.5, 0.6) is 0 Å². The Morgan fingerprint density at radius 1 is 1.05 bits per heavy atom. The second-order valence-electron chi connectivity index (χ2n) is 4.02. The highest BCUT2D eigenvalue weighted by Crippen LogP contribution is 2.37. The van der Waals surface area contributed by atoms with Gasteiger partial charge in [-0.1, -0.05) is 42.3 Å². The van der Waals surface area contributed by atoms with Gasteiger partial charge in [0.15, 0.2) is 0 Å². The quantitative estimate of drug-likeness (QED) is 0.715.